The molecule has 0 saturated carbocycles. The fourth-order valence-corrected chi connectivity index (χ4v) is 3.73. The van der Waals surface area contributed by atoms with Crippen molar-refractivity contribution in [2.75, 3.05) is 11.9 Å². The Kier molecular flexibility index (Phi) is 6.24. The van der Waals surface area contributed by atoms with E-state index in [1.807, 2.05) is 19.1 Å². The number of benzene rings is 3. The maximum atomic E-state index is 13.1. The maximum Gasteiger partial charge on any atom is 0.262 e. The molecule has 3 aromatic carbocycles. The van der Waals surface area contributed by atoms with Crippen LogP contribution < -0.4 is 10.6 Å². The number of amides is 4. The fourth-order valence-electron chi connectivity index (χ4n) is 3.61. The molecule has 3 aromatic rings. The molecule has 1 aliphatic heterocycles. The molecule has 4 rings (SSSR count). The number of para-hydroxylation sites is 1. The first kappa shape index (κ1) is 22.2. The van der Waals surface area contributed by atoms with Crippen molar-refractivity contribution in [2.45, 2.75) is 13.0 Å². The summed E-state index contributed by atoms with van der Waals surface area (Å²) in [4.78, 5) is 52.0. The fraction of sp³-hybridized carbons (Fsp3) is 0.120. The number of aryl methyl sites for hydroxylation is 1. The molecular weight excluding hydrogens is 442 g/mol. The van der Waals surface area contributed by atoms with E-state index in [2.05, 4.69) is 10.6 Å². The van der Waals surface area contributed by atoms with Crippen molar-refractivity contribution in [3.05, 3.63) is 100 Å². The minimum absolute atomic E-state index is 0.252. The van der Waals surface area contributed by atoms with Crippen molar-refractivity contribution in [3.8, 4) is 0 Å². The number of hydrogen-bond donors (Lipinski definition) is 2. The van der Waals surface area contributed by atoms with E-state index in [0.717, 1.165) is 10.5 Å². The van der Waals surface area contributed by atoms with E-state index in [-0.39, 0.29) is 11.1 Å². The van der Waals surface area contributed by atoms with Gasteiger partial charge in [-0.05, 0) is 48.4 Å². The second-order valence-electron chi connectivity index (χ2n) is 7.60. The monoisotopic (exact) mass is 461 g/mol. The zero-order valence-electron chi connectivity index (χ0n) is 17.7. The van der Waals surface area contributed by atoms with Crippen molar-refractivity contribution in [2.24, 2.45) is 0 Å². The Labute approximate surface area is 195 Å². The minimum atomic E-state index is -1.07. The molecule has 0 aliphatic carbocycles. The molecule has 0 fully saturated rings. The first-order valence-electron chi connectivity index (χ1n) is 10.2. The zero-order valence-corrected chi connectivity index (χ0v) is 18.4. The molecule has 1 atom stereocenters. The predicted octanol–water partition coefficient (Wildman–Crippen LogP) is 3.74. The van der Waals surface area contributed by atoms with Crippen LogP contribution in [0.25, 0.3) is 0 Å². The van der Waals surface area contributed by atoms with Crippen LogP contribution in [0.3, 0.4) is 0 Å². The standard InChI is InChI=1S/C25H20ClN3O4/c1-15-6-2-5-9-20(15)27-23(31)22(16-10-12-17(26)13-11-16)28-21(30)14-29-24(32)18-7-3-4-8-19(18)25(29)33/h2-13,22H,14H2,1H3,(H,27,31)(H,28,30)/t22-/m1/s1. The molecule has 0 unspecified atom stereocenters. The second-order valence-corrected chi connectivity index (χ2v) is 8.03. The van der Waals surface area contributed by atoms with Gasteiger partial charge < -0.3 is 10.6 Å². The SMILES string of the molecule is Cc1ccccc1NC(=O)[C@H](NC(=O)CN1C(=O)c2ccccc2C1=O)c1ccc(Cl)cc1. The summed E-state index contributed by atoms with van der Waals surface area (Å²) in [6.45, 7) is 1.35. The van der Waals surface area contributed by atoms with Crippen LogP contribution in [0.1, 0.15) is 37.9 Å². The summed E-state index contributed by atoms with van der Waals surface area (Å²) in [7, 11) is 0. The zero-order chi connectivity index (χ0) is 23.5. The number of nitrogens with zero attached hydrogens (tertiary/aromatic N) is 1. The Balaban J connectivity index is 1.54. The summed E-state index contributed by atoms with van der Waals surface area (Å²) in [6, 6.07) is 19.1. The number of rotatable bonds is 6. The van der Waals surface area contributed by atoms with Crippen molar-refractivity contribution in [3.63, 3.8) is 0 Å². The normalized spacial score (nSPS) is 13.5. The molecule has 166 valence electrons. The average Bonchev–Trinajstić information content (AvgIpc) is 3.04. The minimum Gasteiger partial charge on any atom is -0.339 e. The van der Waals surface area contributed by atoms with Crippen LogP contribution in [0.2, 0.25) is 5.02 Å². The van der Waals surface area contributed by atoms with E-state index in [0.29, 0.717) is 16.3 Å². The smallest absolute Gasteiger partial charge is 0.262 e. The van der Waals surface area contributed by atoms with Crippen molar-refractivity contribution in [1.82, 2.24) is 10.2 Å². The van der Waals surface area contributed by atoms with Crippen molar-refractivity contribution in [1.29, 1.82) is 0 Å². The number of fused-ring (bicyclic) bond motifs is 1. The Morgan fingerprint density at radius 2 is 1.45 bits per heavy atom. The first-order valence-corrected chi connectivity index (χ1v) is 10.6. The van der Waals surface area contributed by atoms with E-state index in [1.54, 1.807) is 60.7 Å². The topological polar surface area (TPSA) is 95.6 Å². The van der Waals surface area contributed by atoms with Gasteiger partial charge in [-0.15, -0.1) is 0 Å². The third kappa shape index (κ3) is 4.63. The summed E-state index contributed by atoms with van der Waals surface area (Å²) in [6.07, 6.45) is 0. The van der Waals surface area contributed by atoms with Gasteiger partial charge in [-0.25, -0.2) is 0 Å². The molecule has 8 heteroatoms. The lowest BCUT2D eigenvalue weighted by atomic mass is 10.1. The third-order valence-electron chi connectivity index (χ3n) is 5.35. The number of anilines is 1. The molecule has 0 bridgehead atoms. The quantitative estimate of drug-likeness (QED) is 0.546. The number of imide groups is 1. The predicted molar refractivity (Wildman–Crippen MR) is 124 cm³/mol. The lowest BCUT2D eigenvalue weighted by Gasteiger charge is -2.21. The van der Waals surface area contributed by atoms with Crippen LogP contribution in [0, 0.1) is 6.92 Å². The van der Waals surface area contributed by atoms with E-state index in [4.69, 9.17) is 11.6 Å². The van der Waals surface area contributed by atoms with E-state index < -0.39 is 36.2 Å². The van der Waals surface area contributed by atoms with Gasteiger partial charge in [0.2, 0.25) is 5.91 Å². The molecule has 0 spiro atoms. The average molecular weight is 462 g/mol. The lowest BCUT2D eigenvalue weighted by molar-refractivity contribution is -0.126. The van der Waals surface area contributed by atoms with Gasteiger partial charge in [0.1, 0.15) is 12.6 Å². The molecule has 4 amide bonds. The van der Waals surface area contributed by atoms with Crippen LogP contribution in [0.15, 0.2) is 72.8 Å². The number of carbonyl (C=O) groups is 4. The van der Waals surface area contributed by atoms with E-state index in [1.165, 1.54) is 0 Å². The Bertz CT molecular complexity index is 1220. The Morgan fingerprint density at radius 1 is 0.879 bits per heavy atom. The molecule has 1 aliphatic rings. The largest absolute Gasteiger partial charge is 0.339 e. The van der Waals surface area contributed by atoms with Gasteiger partial charge in [-0.2, -0.15) is 0 Å². The van der Waals surface area contributed by atoms with Crippen LogP contribution >= 0.6 is 11.6 Å². The van der Waals surface area contributed by atoms with Gasteiger partial charge in [0, 0.05) is 10.7 Å². The highest BCUT2D eigenvalue weighted by molar-refractivity contribution is 6.30. The Morgan fingerprint density at radius 3 is 2.06 bits per heavy atom. The van der Waals surface area contributed by atoms with Crippen LogP contribution in [0.5, 0.6) is 0 Å². The van der Waals surface area contributed by atoms with Crippen LogP contribution in [-0.4, -0.2) is 35.1 Å². The van der Waals surface area contributed by atoms with Gasteiger partial charge in [0.25, 0.3) is 17.7 Å². The van der Waals surface area contributed by atoms with Gasteiger partial charge in [-0.3, -0.25) is 24.1 Å². The molecule has 0 radical (unpaired) electrons. The molecule has 7 nitrogen and oxygen atoms in total. The number of hydrogen-bond acceptors (Lipinski definition) is 4. The van der Waals surface area contributed by atoms with Crippen LogP contribution in [-0.2, 0) is 9.59 Å². The van der Waals surface area contributed by atoms with E-state index >= 15 is 0 Å². The molecule has 1 heterocycles. The van der Waals surface area contributed by atoms with Gasteiger partial charge >= 0.3 is 0 Å². The molecule has 0 aromatic heterocycles. The summed E-state index contributed by atoms with van der Waals surface area (Å²) >= 11 is 5.97. The highest BCUT2D eigenvalue weighted by Crippen LogP contribution is 2.23. The molecule has 0 saturated heterocycles. The molecule has 33 heavy (non-hydrogen) atoms. The van der Waals surface area contributed by atoms with Crippen LogP contribution in [0.4, 0.5) is 5.69 Å². The Hall–Kier alpha value is -3.97. The summed E-state index contributed by atoms with van der Waals surface area (Å²) in [5.74, 6) is -2.21. The van der Waals surface area contributed by atoms with E-state index in [9.17, 15) is 19.2 Å². The van der Waals surface area contributed by atoms with Gasteiger partial charge in [-0.1, -0.05) is 54.1 Å². The first-order chi connectivity index (χ1) is 15.8. The third-order valence-corrected chi connectivity index (χ3v) is 5.61. The summed E-state index contributed by atoms with van der Waals surface area (Å²) in [5, 5.41) is 5.95. The maximum absolute atomic E-state index is 13.1. The molecular formula is C25H20ClN3O4. The summed E-state index contributed by atoms with van der Waals surface area (Å²) < 4.78 is 0. The highest BCUT2D eigenvalue weighted by Gasteiger charge is 2.37. The van der Waals surface area contributed by atoms with Gasteiger partial charge in [0.05, 0.1) is 11.1 Å². The number of halogens is 1. The van der Waals surface area contributed by atoms with Crippen molar-refractivity contribution >= 4 is 40.9 Å². The number of nitrogens with one attached hydrogen (secondary N) is 2. The van der Waals surface area contributed by atoms with Crippen molar-refractivity contribution < 1.29 is 19.2 Å². The molecule has 2 N–H and O–H groups in total. The summed E-state index contributed by atoms with van der Waals surface area (Å²) in [5.41, 5.74) is 2.47. The van der Waals surface area contributed by atoms with Gasteiger partial charge in [0.15, 0.2) is 0 Å². The number of carbonyl (C=O) groups excluding carboxylic acids is 4. The highest BCUT2D eigenvalue weighted by atomic mass is 35.5. The second kappa shape index (κ2) is 9.26. The lowest BCUT2D eigenvalue weighted by Crippen LogP contribution is -2.44.